The molecule has 0 aromatic carbocycles. The maximum absolute atomic E-state index is 12.1. The van der Waals surface area contributed by atoms with Crippen LogP contribution >= 0.6 is 11.3 Å². The molecule has 2 aromatic heterocycles. The molecule has 2 aromatic rings. The normalized spacial score (nSPS) is 17.6. The maximum atomic E-state index is 12.1. The first kappa shape index (κ1) is 11.5. The van der Waals surface area contributed by atoms with Crippen molar-refractivity contribution in [2.24, 2.45) is 5.41 Å². The Bertz CT molecular complexity index is 604. The van der Waals surface area contributed by atoms with Gasteiger partial charge in [0, 0.05) is 18.8 Å². The van der Waals surface area contributed by atoms with Crippen LogP contribution in [0.4, 0.5) is 0 Å². The zero-order chi connectivity index (χ0) is 12.8. The molecule has 1 aliphatic carbocycles. The van der Waals surface area contributed by atoms with Crippen LogP contribution in [0.2, 0.25) is 0 Å². The second kappa shape index (κ2) is 3.95. The lowest BCUT2D eigenvalue weighted by atomic mass is 9.78. The Morgan fingerprint density at radius 3 is 2.67 bits per heavy atom. The molecule has 0 N–H and O–H groups in total. The Balaban J connectivity index is 2.06. The largest absolute Gasteiger partial charge is 0.293 e. The van der Waals surface area contributed by atoms with E-state index in [0.29, 0.717) is 12.2 Å². The van der Waals surface area contributed by atoms with Crippen molar-refractivity contribution < 1.29 is 4.79 Å². The van der Waals surface area contributed by atoms with E-state index in [2.05, 4.69) is 28.8 Å². The lowest BCUT2D eigenvalue weighted by molar-refractivity contribution is 0.0916. The first-order valence-electron chi connectivity index (χ1n) is 5.85. The predicted molar refractivity (Wildman–Crippen MR) is 69.6 cm³/mol. The summed E-state index contributed by atoms with van der Waals surface area (Å²) >= 11 is 1.41. The summed E-state index contributed by atoms with van der Waals surface area (Å²) in [6.07, 6.45) is 4.82. The maximum Gasteiger partial charge on any atom is 0.188 e. The van der Waals surface area contributed by atoms with E-state index in [9.17, 15) is 4.79 Å². The van der Waals surface area contributed by atoms with Crippen LogP contribution in [0.5, 0.6) is 0 Å². The molecule has 0 saturated carbocycles. The summed E-state index contributed by atoms with van der Waals surface area (Å²) in [5.41, 5.74) is 0.913. The molecule has 0 atom stereocenters. The van der Waals surface area contributed by atoms with Crippen molar-refractivity contribution in [3.8, 4) is 10.8 Å². The zero-order valence-corrected chi connectivity index (χ0v) is 11.1. The smallest absolute Gasteiger partial charge is 0.188 e. The van der Waals surface area contributed by atoms with Crippen LogP contribution in [-0.2, 0) is 6.42 Å². The van der Waals surface area contributed by atoms with E-state index < -0.39 is 0 Å². The highest BCUT2D eigenvalue weighted by Crippen LogP contribution is 2.38. The molecule has 0 bridgehead atoms. The summed E-state index contributed by atoms with van der Waals surface area (Å²) in [5, 5.41) is 0.742. The molecule has 0 aliphatic heterocycles. The van der Waals surface area contributed by atoms with Gasteiger partial charge in [-0.05, 0) is 17.9 Å². The van der Waals surface area contributed by atoms with Gasteiger partial charge >= 0.3 is 0 Å². The molecule has 0 unspecified atom stereocenters. The topological polar surface area (TPSA) is 55.7 Å². The Hall–Kier alpha value is -1.62. The van der Waals surface area contributed by atoms with E-state index in [-0.39, 0.29) is 11.2 Å². The lowest BCUT2D eigenvalue weighted by Gasteiger charge is -2.26. The minimum atomic E-state index is 0.00692. The van der Waals surface area contributed by atoms with Gasteiger partial charge in [0.25, 0.3) is 0 Å². The van der Waals surface area contributed by atoms with Gasteiger partial charge in [0.1, 0.15) is 0 Å². The molecule has 0 radical (unpaired) electrons. The second-order valence-electron chi connectivity index (χ2n) is 5.31. The van der Waals surface area contributed by atoms with Gasteiger partial charge < -0.3 is 0 Å². The quantitative estimate of drug-likeness (QED) is 0.790. The van der Waals surface area contributed by atoms with Crippen molar-refractivity contribution in [1.82, 2.24) is 15.0 Å². The summed E-state index contributed by atoms with van der Waals surface area (Å²) in [4.78, 5) is 25.8. The van der Waals surface area contributed by atoms with Crippen LogP contribution in [0, 0.1) is 5.41 Å². The molecule has 5 heteroatoms. The van der Waals surface area contributed by atoms with Crippen LogP contribution in [0.15, 0.2) is 18.5 Å². The molecule has 18 heavy (non-hydrogen) atoms. The first-order valence-corrected chi connectivity index (χ1v) is 6.67. The molecule has 3 rings (SSSR count). The number of ketones is 1. The minimum absolute atomic E-state index is 0.00692. The van der Waals surface area contributed by atoms with E-state index in [1.54, 1.807) is 18.5 Å². The van der Waals surface area contributed by atoms with Gasteiger partial charge in [-0.25, -0.2) is 15.0 Å². The average molecular weight is 259 g/mol. The van der Waals surface area contributed by atoms with Crippen molar-refractivity contribution in [1.29, 1.82) is 0 Å². The fourth-order valence-electron chi connectivity index (χ4n) is 2.23. The fraction of sp³-hybridized carbons (Fsp3) is 0.385. The molecule has 4 nitrogen and oxygen atoms in total. The number of carbonyl (C=O) groups is 1. The summed E-state index contributed by atoms with van der Waals surface area (Å²) in [5.74, 6) is 0.795. The molecule has 2 heterocycles. The van der Waals surface area contributed by atoms with Gasteiger partial charge in [-0.2, -0.15) is 0 Å². The van der Waals surface area contributed by atoms with E-state index >= 15 is 0 Å². The first-order chi connectivity index (χ1) is 8.55. The van der Waals surface area contributed by atoms with Gasteiger partial charge in [0.15, 0.2) is 16.6 Å². The summed E-state index contributed by atoms with van der Waals surface area (Å²) in [6, 6.07) is 1.77. The molecule has 1 aliphatic rings. The number of hydrogen-bond donors (Lipinski definition) is 0. The average Bonchev–Trinajstić information content (AvgIpc) is 2.72. The Morgan fingerprint density at radius 1 is 1.22 bits per heavy atom. The van der Waals surface area contributed by atoms with Crippen LogP contribution in [0.25, 0.3) is 10.8 Å². The van der Waals surface area contributed by atoms with E-state index in [0.717, 1.165) is 22.0 Å². The number of nitrogens with zero attached hydrogens (tertiary/aromatic N) is 3. The second-order valence-corrected chi connectivity index (χ2v) is 6.31. The number of thiazole rings is 1. The van der Waals surface area contributed by atoms with Gasteiger partial charge in [0.2, 0.25) is 0 Å². The number of hydrogen-bond acceptors (Lipinski definition) is 5. The third-order valence-electron chi connectivity index (χ3n) is 2.99. The third-order valence-corrected chi connectivity index (χ3v) is 4.13. The predicted octanol–water partition coefficient (Wildman–Crippen LogP) is 2.76. The van der Waals surface area contributed by atoms with E-state index in [1.807, 2.05) is 0 Å². The minimum Gasteiger partial charge on any atom is -0.293 e. The fourth-order valence-corrected chi connectivity index (χ4v) is 3.19. The highest BCUT2D eigenvalue weighted by molar-refractivity contribution is 7.17. The lowest BCUT2D eigenvalue weighted by Crippen LogP contribution is -2.25. The standard InChI is InChI=1S/C13H13N3OS/c1-13(2)6-8-10(9(17)7-13)18-12(16-8)11-14-4-3-5-15-11/h3-5H,6-7H2,1-2H3. The van der Waals surface area contributed by atoms with E-state index in [1.165, 1.54) is 11.3 Å². The molecule has 0 spiro atoms. The van der Waals surface area contributed by atoms with Crippen LogP contribution in [-0.4, -0.2) is 20.7 Å². The van der Waals surface area contributed by atoms with Crippen LogP contribution in [0.3, 0.4) is 0 Å². The van der Waals surface area contributed by atoms with Crippen molar-refractivity contribution in [3.63, 3.8) is 0 Å². The highest BCUT2D eigenvalue weighted by Gasteiger charge is 2.34. The van der Waals surface area contributed by atoms with Gasteiger partial charge in [-0.3, -0.25) is 4.79 Å². The summed E-state index contributed by atoms with van der Waals surface area (Å²) in [7, 11) is 0. The molecule has 92 valence electrons. The number of Topliss-reactive ketones (excluding diaryl/α,β-unsaturated/α-hetero) is 1. The zero-order valence-electron chi connectivity index (χ0n) is 10.3. The molecule has 0 saturated heterocycles. The van der Waals surface area contributed by atoms with Crippen LogP contribution in [0.1, 0.15) is 35.6 Å². The summed E-state index contributed by atoms with van der Waals surface area (Å²) < 4.78 is 0. The summed E-state index contributed by atoms with van der Waals surface area (Å²) in [6.45, 7) is 4.21. The molecule has 0 amide bonds. The third kappa shape index (κ3) is 1.95. The van der Waals surface area contributed by atoms with Crippen molar-refractivity contribution in [2.75, 3.05) is 0 Å². The highest BCUT2D eigenvalue weighted by atomic mass is 32.1. The van der Waals surface area contributed by atoms with Crippen molar-refractivity contribution in [2.45, 2.75) is 26.7 Å². The number of rotatable bonds is 1. The number of fused-ring (bicyclic) bond motifs is 1. The molecule has 0 fully saturated rings. The van der Waals surface area contributed by atoms with Gasteiger partial charge in [-0.15, -0.1) is 11.3 Å². The number of aromatic nitrogens is 3. The SMILES string of the molecule is CC1(C)CC(=O)c2sc(-c3ncccn3)nc2C1. The Labute approximate surface area is 109 Å². The van der Waals surface area contributed by atoms with Crippen LogP contribution < -0.4 is 0 Å². The molecular formula is C13H13N3OS. The number of carbonyl (C=O) groups excluding carboxylic acids is 1. The van der Waals surface area contributed by atoms with E-state index in [4.69, 9.17) is 0 Å². The Morgan fingerprint density at radius 2 is 1.94 bits per heavy atom. The monoisotopic (exact) mass is 259 g/mol. The molecular weight excluding hydrogens is 246 g/mol. The van der Waals surface area contributed by atoms with Gasteiger partial charge in [0.05, 0.1) is 10.6 Å². The van der Waals surface area contributed by atoms with Crippen molar-refractivity contribution >= 4 is 17.1 Å². The van der Waals surface area contributed by atoms with Crippen molar-refractivity contribution in [3.05, 3.63) is 29.0 Å². The Kier molecular flexibility index (Phi) is 2.52. The van der Waals surface area contributed by atoms with Gasteiger partial charge in [-0.1, -0.05) is 13.8 Å².